The molecule has 2 aromatic rings. The second kappa shape index (κ2) is 6.35. The largest absolute Gasteiger partial charge is 0.307 e. The summed E-state index contributed by atoms with van der Waals surface area (Å²) < 4.78 is 0.716. The van der Waals surface area contributed by atoms with Gasteiger partial charge in [-0.05, 0) is 23.8 Å². The van der Waals surface area contributed by atoms with E-state index in [1.165, 1.54) is 12.1 Å². The van der Waals surface area contributed by atoms with Gasteiger partial charge in [0.25, 0.3) is 5.69 Å². The highest BCUT2D eigenvalue weighted by molar-refractivity contribution is 9.10. The summed E-state index contributed by atoms with van der Waals surface area (Å²) in [5.41, 5.74) is 1.87. The third kappa shape index (κ3) is 3.80. The van der Waals surface area contributed by atoms with Crippen molar-refractivity contribution in [3.63, 3.8) is 0 Å². The molecule has 0 aliphatic heterocycles. The van der Waals surface area contributed by atoms with Gasteiger partial charge in [-0.3, -0.25) is 10.1 Å². The molecule has 0 amide bonds. The van der Waals surface area contributed by atoms with Gasteiger partial charge in [0.15, 0.2) is 0 Å². The Morgan fingerprint density at radius 1 is 1.32 bits per heavy atom. The molecule has 0 spiro atoms. The summed E-state index contributed by atoms with van der Waals surface area (Å²) in [6.07, 6.45) is 1.62. The summed E-state index contributed by atoms with van der Waals surface area (Å²) >= 11 is 3.33. The number of rotatable bonds is 5. The molecule has 7 heteroatoms. The van der Waals surface area contributed by atoms with Gasteiger partial charge in [0.1, 0.15) is 0 Å². The number of benzene rings is 1. The highest BCUT2D eigenvalue weighted by Gasteiger charge is 2.08. The first kappa shape index (κ1) is 13.6. The van der Waals surface area contributed by atoms with Crippen molar-refractivity contribution < 1.29 is 4.92 Å². The summed E-state index contributed by atoms with van der Waals surface area (Å²) in [5, 5.41) is 21.6. The topological polar surface area (TPSA) is 81.0 Å². The Labute approximate surface area is 118 Å². The molecule has 1 aromatic heterocycles. The summed E-state index contributed by atoms with van der Waals surface area (Å²) in [6.45, 7) is 1.19. The first-order valence-electron chi connectivity index (χ1n) is 5.57. The molecule has 98 valence electrons. The van der Waals surface area contributed by atoms with Crippen LogP contribution in [0.2, 0.25) is 0 Å². The van der Waals surface area contributed by atoms with E-state index in [0.717, 1.165) is 11.3 Å². The van der Waals surface area contributed by atoms with E-state index in [9.17, 15) is 10.1 Å². The number of nitrogens with one attached hydrogen (secondary N) is 1. The van der Waals surface area contributed by atoms with Gasteiger partial charge in [-0.25, -0.2) is 0 Å². The van der Waals surface area contributed by atoms with Gasteiger partial charge >= 0.3 is 0 Å². The number of nitrogens with zero attached hydrogens (tertiary/aromatic N) is 3. The number of hydrogen-bond donors (Lipinski definition) is 1. The fraction of sp³-hybridized carbons (Fsp3) is 0.167. The van der Waals surface area contributed by atoms with Crippen LogP contribution in [0.15, 0.2) is 41.0 Å². The van der Waals surface area contributed by atoms with Crippen LogP contribution in [0.5, 0.6) is 0 Å². The van der Waals surface area contributed by atoms with Crippen molar-refractivity contribution in [2.45, 2.75) is 13.1 Å². The smallest absolute Gasteiger partial charge is 0.270 e. The van der Waals surface area contributed by atoms with Crippen LogP contribution in [0.25, 0.3) is 0 Å². The molecule has 0 atom stereocenters. The van der Waals surface area contributed by atoms with Gasteiger partial charge < -0.3 is 5.32 Å². The predicted octanol–water partition coefficient (Wildman–Crippen LogP) is 2.44. The van der Waals surface area contributed by atoms with E-state index in [2.05, 4.69) is 31.4 Å². The van der Waals surface area contributed by atoms with E-state index in [0.29, 0.717) is 17.6 Å². The van der Waals surface area contributed by atoms with E-state index < -0.39 is 4.92 Å². The fourth-order valence-corrected chi connectivity index (χ4v) is 2.05. The molecule has 1 aromatic carbocycles. The fourth-order valence-electron chi connectivity index (χ4n) is 1.55. The molecule has 0 radical (unpaired) electrons. The zero-order valence-electron chi connectivity index (χ0n) is 9.91. The quantitative estimate of drug-likeness (QED) is 0.675. The highest BCUT2D eigenvalue weighted by atomic mass is 79.9. The maximum absolute atomic E-state index is 10.6. The van der Waals surface area contributed by atoms with Crippen molar-refractivity contribution in [3.8, 4) is 0 Å². The summed E-state index contributed by atoms with van der Waals surface area (Å²) in [4.78, 5) is 10.2. The molecule has 0 aliphatic carbocycles. The lowest BCUT2D eigenvalue weighted by molar-refractivity contribution is -0.384. The molecular weight excluding hydrogens is 312 g/mol. The Hall–Kier alpha value is -1.86. The number of aromatic nitrogens is 2. The Bertz CT molecular complexity index is 577. The molecule has 2 rings (SSSR count). The zero-order chi connectivity index (χ0) is 13.7. The van der Waals surface area contributed by atoms with Crippen LogP contribution in [0.3, 0.4) is 0 Å². The van der Waals surface area contributed by atoms with E-state index in [4.69, 9.17) is 0 Å². The van der Waals surface area contributed by atoms with Gasteiger partial charge in [-0.1, -0.05) is 15.9 Å². The van der Waals surface area contributed by atoms with E-state index >= 15 is 0 Å². The molecule has 0 saturated heterocycles. The van der Waals surface area contributed by atoms with Crippen molar-refractivity contribution in [1.29, 1.82) is 0 Å². The molecule has 0 unspecified atom stereocenters. The number of hydrogen-bond acceptors (Lipinski definition) is 5. The lowest BCUT2D eigenvalue weighted by Crippen LogP contribution is -2.14. The normalized spacial score (nSPS) is 10.4. The Balaban J connectivity index is 1.95. The lowest BCUT2D eigenvalue weighted by atomic mass is 10.2. The molecular formula is C12H11BrN4O2. The number of nitro groups is 1. The van der Waals surface area contributed by atoms with Crippen LogP contribution in [-0.2, 0) is 13.1 Å². The monoisotopic (exact) mass is 322 g/mol. The van der Waals surface area contributed by atoms with Crippen LogP contribution >= 0.6 is 15.9 Å². The minimum Gasteiger partial charge on any atom is -0.307 e. The van der Waals surface area contributed by atoms with Crippen LogP contribution in [-0.4, -0.2) is 15.1 Å². The van der Waals surface area contributed by atoms with Gasteiger partial charge in [-0.15, -0.1) is 0 Å². The number of nitro benzene ring substituents is 1. The van der Waals surface area contributed by atoms with Gasteiger partial charge in [-0.2, -0.15) is 10.2 Å². The Morgan fingerprint density at radius 2 is 2.16 bits per heavy atom. The van der Waals surface area contributed by atoms with E-state index in [1.807, 2.05) is 12.1 Å². The van der Waals surface area contributed by atoms with Crippen molar-refractivity contribution in [1.82, 2.24) is 15.5 Å². The van der Waals surface area contributed by atoms with E-state index in [1.54, 1.807) is 12.3 Å². The van der Waals surface area contributed by atoms with E-state index in [-0.39, 0.29) is 5.69 Å². The van der Waals surface area contributed by atoms with Crippen LogP contribution in [0.4, 0.5) is 5.69 Å². The minimum absolute atomic E-state index is 0.0737. The molecule has 1 heterocycles. The number of non-ortho nitro benzene ring substituents is 1. The Kier molecular flexibility index (Phi) is 4.53. The molecule has 0 bridgehead atoms. The zero-order valence-corrected chi connectivity index (χ0v) is 11.5. The molecule has 0 fully saturated rings. The standard InChI is InChI=1S/C12H11BrN4O2/c13-12-6-11(17(18)19)4-3-9(12)7-14-8-10-2-1-5-15-16-10/h1-6,14H,7-8H2. The third-order valence-electron chi connectivity index (χ3n) is 2.50. The van der Waals surface area contributed by atoms with Crippen LogP contribution in [0.1, 0.15) is 11.3 Å². The van der Waals surface area contributed by atoms with Crippen molar-refractivity contribution in [2.75, 3.05) is 0 Å². The summed E-state index contributed by atoms with van der Waals surface area (Å²) in [5.74, 6) is 0. The first-order valence-corrected chi connectivity index (χ1v) is 6.36. The first-order chi connectivity index (χ1) is 9.16. The van der Waals surface area contributed by atoms with Crippen LogP contribution < -0.4 is 5.32 Å². The Morgan fingerprint density at radius 3 is 2.79 bits per heavy atom. The maximum Gasteiger partial charge on any atom is 0.270 e. The van der Waals surface area contributed by atoms with Crippen molar-refractivity contribution in [2.24, 2.45) is 0 Å². The van der Waals surface area contributed by atoms with Gasteiger partial charge in [0, 0.05) is 35.9 Å². The third-order valence-corrected chi connectivity index (χ3v) is 3.23. The second-order valence-electron chi connectivity index (χ2n) is 3.85. The predicted molar refractivity (Wildman–Crippen MR) is 73.4 cm³/mol. The summed E-state index contributed by atoms with van der Waals surface area (Å²) in [7, 11) is 0. The molecule has 0 aliphatic rings. The van der Waals surface area contributed by atoms with Crippen LogP contribution in [0, 0.1) is 10.1 Å². The molecule has 0 saturated carbocycles. The summed E-state index contributed by atoms with van der Waals surface area (Å²) in [6, 6.07) is 8.42. The van der Waals surface area contributed by atoms with Crippen molar-refractivity contribution in [3.05, 3.63) is 62.4 Å². The number of halogens is 1. The molecule has 6 nitrogen and oxygen atoms in total. The molecule has 19 heavy (non-hydrogen) atoms. The minimum atomic E-state index is -0.415. The second-order valence-corrected chi connectivity index (χ2v) is 4.71. The van der Waals surface area contributed by atoms with Gasteiger partial charge in [0.05, 0.1) is 10.6 Å². The SMILES string of the molecule is O=[N+]([O-])c1ccc(CNCc2cccnn2)c(Br)c1. The highest BCUT2D eigenvalue weighted by Crippen LogP contribution is 2.22. The van der Waals surface area contributed by atoms with Crippen molar-refractivity contribution >= 4 is 21.6 Å². The lowest BCUT2D eigenvalue weighted by Gasteiger charge is -2.06. The molecule has 1 N–H and O–H groups in total. The average molecular weight is 323 g/mol. The maximum atomic E-state index is 10.6. The average Bonchev–Trinajstić information content (AvgIpc) is 2.41. The van der Waals surface area contributed by atoms with Gasteiger partial charge in [0.2, 0.25) is 0 Å².